The summed E-state index contributed by atoms with van der Waals surface area (Å²) < 4.78 is 6.04. The number of amides is 1. The van der Waals surface area contributed by atoms with E-state index in [0.29, 0.717) is 11.3 Å². The Bertz CT molecular complexity index is 641. The number of carbonyl (C=O) groups is 1. The van der Waals surface area contributed by atoms with Crippen molar-refractivity contribution < 1.29 is 9.53 Å². The Morgan fingerprint density at radius 3 is 2.80 bits per heavy atom. The number of halogens is 1. The van der Waals surface area contributed by atoms with Gasteiger partial charge in [-0.25, -0.2) is 5.43 Å². The van der Waals surface area contributed by atoms with Gasteiger partial charge in [0, 0.05) is 15.6 Å². The first-order chi connectivity index (χ1) is 9.70. The lowest BCUT2D eigenvalue weighted by Gasteiger charge is -2.03. The molecule has 0 aliphatic rings. The van der Waals surface area contributed by atoms with Gasteiger partial charge in [0.25, 0.3) is 5.91 Å². The fourth-order valence-electron chi connectivity index (χ4n) is 1.63. The molecule has 5 heteroatoms. The zero-order valence-electron chi connectivity index (χ0n) is 10.8. The second kappa shape index (κ2) is 6.86. The van der Waals surface area contributed by atoms with Gasteiger partial charge in [-0.15, -0.1) is 0 Å². The van der Waals surface area contributed by atoms with Gasteiger partial charge in [-0.2, -0.15) is 5.10 Å². The number of methoxy groups -OCH3 is 1. The molecule has 0 bridgehead atoms. The number of nitrogens with zero attached hydrogens (tertiary/aromatic N) is 1. The lowest BCUT2D eigenvalue weighted by molar-refractivity contribution is 0.0955. The highest BCUT2D eigenvalue weighted by Crippen LogP contribution is 2.14. The standard InChI is InChI=1S/C15H13BrN2O2/c1-20-14-8-3-2-5-12(14)10-17-18-15(19)11-6-4-7-13(16)9-11/h2-10H,1H3,(H,18,19). The summed E-state index contributed by atoms with van der Waals surface area (Å²) in [6.07, 6.45) is 1.55. The van der Waals surface area contributed by atoms with E-state index < -0.39 is 0 Å². The molecule has 4 nitrogen and oxygen atoms in total. The zero-order chi connectivity index (χ0) is 14.4. The summed E-state index contributed by atoms with van der Waals surface area (Å²) in [5, 5.41) is 3.94. The number of nitrogens with one attached hydrogen (secondary N) is 1. The van der Waals surface area contributed by atoms with E-state index in [9.17, 15) is 4.79 Å². The van der Waals surface area contributed by atoms with E-state index >= 15 is 0 Å². The molecular weight excluding hydrogens is 320 g/mol. The third kappa shape index (κ3) is 3.68. The Labute approximate surface area is 125 Å². The van der Waals surface area contributed by atoms with Gasteiger partial charge < -0.3 is 4.74 Å². The Morgan fingerprint density at radius 2 is 2.05 bits per heavy atom. The van der Waals surface area contributed by atoms with Crippen molar-refractivity contribution >= 4 is 28.1 Å². The number of carbonyl (C=O) groups excluding carboxylic acids is 1. The smallest absolute Gasteiger partial charge is 0.271 e. The molecule has 0 aromatic heterocycles. The van der Waals surface area contributed by atoms with E-state index in [4.69, 9.17) is 4.74 Å². The minimum Gasteiger partial charge on any atom is -0.496 e. The van der Waals surface area contributed by atoms with E-state index in [1.807, 2.05) is 30.3 Å². The van der Waals surface area contributed by atoms with Crippen LogP contribution in [0.15, 0.2) is 58.1 Å². The molecule has 1 amide bonds. The van der Waals surface area contributed by atoms with Gasteiger partial charge >= 0.3 is 0 Å². The number of hydrogen-bond donors (Lipinski definition) is 1. The Balaban J connectivity index is 2.05. The van der Waals surface area contributed by atoms with Crippen molar-refractivity contribution in [3.05, 3.63) is 64.1 Å². The summed E-state index contributed by atoms with van der Waals surface area (Å²) in [6, 6.07) is 14.5. The Kier molecular flexibility index (Phi) is 4.90. The van der Waals surface area contributed by atoms with Crippen molar-refractivity contribution in [2.45, 2.75) is 0 Å². The average molecular weight is 333 g/mol. The lowest BCUT2D eigenvalue weighted by Crippen LogP contribution is -2.17. The second-order valence-electron chi connectivity index (χ2n) is 3.95. The number of hydrazone groups is 1. The van der Waals surface area contributed by atoms with Crippen LogP contribution in [0.2, 0.25) is 0 Å². The molecule has 0 fully saturated rings. The summed E-state index contributed by atoms with van der Waals surface area (Å²) in [7, 11) is 1.59. The van der Waals surface area contributed by atoms with Crippen LogP contribution in [0.5, 0.6) is 5.75 Å². The molecule has 0 saturated carbocycles. The van der Waals surface area contributed by atoms with Gasteiger partial charge in [-0.05, 0) is 30.3 Å². The normalized spacial score (nSPS) is 10.5. The summed E-state index contributed by atoms with van der Waals surface area (Å²) in [6.45, 7) is 0. The molecule has 0 unspecified atom stereocenters. The van der Waals surface area contributed by atoms with Gasteiger partial charge in [-0.3, -0.25) is 4.79 Å². The van der Waals surface area contributed by atoms with E-state index in [0.717, 1.165) is 10.0 Å². The van der Waals surface area contributed by atoms with Crippen LogP contribution in [0.1, 0.15) is 15.9 Å². The first-order valence-corrected chi connectivity index (χ1v) is 6.72. The molecule has 0 spiro atoms. The van der Waals surface area contributed by atoms with E-state index in [1.54, 1.807) is 31.5 Å². The molecular formula is C15H13BrN2O2. The fourth-order valence-corrected chi connectivity index (χ4v) is 2.03. The monoisotopic (exact) mass is 332 g/mol. The van der Waals surface area contributed by atoms with Crippen LogP contribution in [-0.2, 0) is 0 Å². The third-order valence-corrected chi connectivity index (χ3v) is 3.09. The highest BCUT2D eigenvalue weighted by atomic mass is 79.9. The molecule has 0 radical (unpaired) electrons. The van der Waals surface area contributed by atoms with Crippen LogP contribution in [0.3, 0.4) is 0 Å². The Morgan fingerprint density at radius 1 is 1.25 bits per heavy atom. The zero-order valence-corrected chi connectivity index (χ0v) is 12.4. The van der Waals surface area contributed by atoms with Crippen LogP contribution in [-0.4, -0.2) is 19.2 Å². The predicted molar refractivity (Wildman–Crippen MR) is 82.2 cm³/mol. The third-order valence-electron chi connectivity index (χ3n) is 2.60. The molecule has 20 heavy (non-hydrogen) atoms. The summed E-state index contributed by atoms with van der Waals surface area (Å²) in [4.78, 5) is 11.9. The van der Waals surface area contributed by atoms with Crippen LogP contribution in [0.4, 0.5) is 0 Å². The summed E-state index contributed by atoms with van der Waals surface area (Å²) in [5.74, 6) is 0.436. The molecule has 0 saturated heterocycles. The molecule has 0 atom stereocenters. The van der Waals surface area contributed by atoms with E-state index in [-0.39, 0.29) is 5.91 Å². The van der Waals surface area contributed by atoms with Crippen LogP contribution in [0.25, 0.3) is 0 Å². The minimum absolute atomic E-state index is 0.266. The maximum Gasteiger partial charge on any atom is 0.271 e. The van der Waals surface area contributed by atoms with Gasteiger partial charge in [-0.1, -0.05) is 34.1 Å². The molecule has 2 rings (SSSR count). The number of hydrogen-bond acceptors (Lipinski definition) is 3. The first-order valence-electron chi connectivity index (χ1n) is 5.92. The van der Waals surface area contributed by atoms with Crippen LogP contribution >= 0.6 is 15.9 Å². The van der Waals surface area contributed by atoms with Crippen molar-refractivity contribution in [3.63, 3.8) is 0 Å². The van der Waals surface area contributed by atoms with Crippen molar-refractivity contribution in [2.75, 3.05) is 7.11 Å². The minimum atomic E-state index is -0.266. The number of ether oxygens (including phenoxy) is 1. The number of benzene rings is 2. The summed E-state index contributed by atoms with van der Waals surface area (Å²) >= 11 is 3.32. The van der Waals surface area contributed by atoms with Crippen LogP contribution in [0, 0.1) is 0 Å². The van der Waals surface area contributed by atoms with Crippen molar-refractivity contribution in [1.82, 2.24) is 5.43 Å². The van der Waals surface area contributed by atoms with Gasteiger partial charge in [0.05, 0.1) is 13.3 Å². The van der Waals surface area contributed by atoms with Gasteiger partial charge in [0.15, 0.2) is 0 Å². The average Bonchev–Trinajstić information content (AvgIpc) is 2.47. The highest BCUT2D eigenvalue weighted by molar-refractivity contribution is 9.10. The maximum absolute atomic E-state index is 11.9. The molecule has 102 valence electrons. The van der Waals surface area contributed by atoms with Crippen LogP contribution < -0.4 is 10.2 Å². The molecule has 0 aliphatic carbocycles. The number of rotatable bonds is 4. The van der Waals surface area contributed by atoms with Crippen molar-refractivity contribution in [3.8, 4) is 5.75 Å². The largest absolute Gasteiger partial charge is 0.496 e. The first kappa shape index (κ1) is 14.3. The number of para-hydroxylation sites is 1. The lowest BCUT2D eigenvalue weighted by atomic mass is 10.2. The second-order valence-corrected chi connectivity index (χ2v) is 4.87. The highest BCUT2D eigenvalue weighted by Gasteiger charge is 2.04. The van der Waals surface area contributed by atoms with E-state index in [2.05, 4.69) is 26.5 Å². The van der Waals surface area contributed by atoms with Crippen molar-refractivity contribution in [1.29, 1.82) is 0 Å². The molecule has 2 aromatic carbocycles. The fraction of sp³-hybridized carbons (Fsp3) is 0.0667. The maximum atomic E-state index is 11.9. The predicted octanol–water partition coefficient (Wildman–Crippen LogP) is 3.22. The molecule has 1 N–H and O–H groups in total. The summed E-state index contributed by atoms with van der Waals surface area (Å²) in [5.41, 5.74) is 3.81. The quantitative estimate of drug-likeness (QED) is 0.690. The SMILES string of the molecule is COc1ccccc1C=NNC(=O)c1cccc(Br)c1. The van der Waals surface area contributed by atoms with E-state index in [1.165, 1.54) is 0 Å². The van der Waals surface area contributed by atoms with Crippen molar-refractivity contribution in [2.24, 2.45) is 5.10 Å². The topological polar surface area (TPSA) is 50.7 Å². The molecule has 0 heterocycles. The molecule has 0 aliphatic heterocycles. The van der Waals surface area contributed by atoms with Gasteiger partial charge in [0.1, 0.15) is 5.75 Å². The Hall–Kier alpha value is -2.14. The molecule has 2 aromatic rings. The van der Waals surface area contributed by atoms with Gasteiger partial charge in [0.2, 0.25) is 0 Å².